The van der Waals surface area contributed by atoms with Gasteiger partial charge in [0.25, 0.3) is 0 Å². The lowest BCUT2D eigenvalue weighted by Crippen LogP contribution is -1.89. The molecule has 0 unspecified atom stereocenters. The normalized spacial score (nSPS) is 10.5. The Labute approximate surface area is 79.8 Å². The first-order chi connectivity index (χ1) is 6.18. The van der Waals surface area contributed by atoms with E-state index in [2.05, 4.69) is 4.98 Å². The number of aromatic hydroxyl groups is 1. The number of aromatic nitrogens is 1. The van der Waals surface area contributed by atoms with E-state index in [1.54, 1.807) is 18.2 Å². The predicted octanol–water partition coefficient (Wildman–Crippen LogP) is 2.18. The molecular weight excluding hydrogens is 188 g/mol. The Balaban J connectivity index is 2.89. The van der Waals surface area contributed by atoms with E-state index in [4.69, 9.17) is 17.3 Å². The van der Waals surface area contributed by atoms with Gasteiger partial charge in [-0.15, -0.1) is 0 Å². The van der Waals surface area contributed by atoms with E-state index in [1.165, 1.54) is 6.20 Å². The van der Waals surface area contributed by atoms with Crippen molar-refractivity contribution in [3.05, 3.63) is 29.4 Å². The van der Waals surface area contributed by atoms with Crippen molar-refractivity contribution in [2.45, 2.75) is 0 Å². The molecule has 0 saturated carbocycles. The van der Waals surface area contributed by atoms with Crippen molar-refractivity contribution in [3.8, 4) is 5.75 Å². The van der Waals surface area contributed by atoms with Crippen LogP contribution in [0.5, 0.6) is 5.75 Å². The van der Waals surface area contributed by atoms with E-state index >= 15 is 0 Å². The first kappa shape index (κ1) is 8.13. The summed E-state index contributed by atoms with van der Waals surface area (Å²) in [7, 11) is 0. The number of hydrogen-bond donors (Lipinski definition) is 2. The summed E-state index contributed by atoms with van der Waals surface area (Å²) in [5.74, 6) is 0.154. The van der Waals surface area contributed by atoms with Gasteiger partial charge in [0.1, 0.15) is 5.75 Å². The molecule has 0 amide bonds. The number of nitrogens with two attached hydrogens (primary N) is 1. The number of pyridine rings is 1. The summed E-state index contributed by atoms with van der Waals surface area (Å²) in [5.41, 5.74) is 6.70. The van der Waals surface area contributed by atoms with Crippen LogP contribution in [-0.4, -0.2) is 10.1 Å². The van der Waals surface area contributed by atoms with Crippen LogP contribution >= 0.6 is 11.6 Å². The largest absolute Gasteiger partial charge is 0.508 e. The van der Waals surface area contributed by atoms with E-state index in [0.717, 1.165) is 5.52 Å². The molecule has 0 aliphatic rings. The first-order valence-electron chi connectivity index (χ1n) is 3.71. The molecule has 2 aromatic rings. The lowest BCUT2D eigenvalue weighted by Gasteiger charge is -2.02. The Bertz CT molecular complexity index is 465. The maximum atomic E-state index is 9.22. The lowest BCUT2D eigenvalue weighted by molar-refractivity contribution is 0.476. The van der Waals surface area contributed by atoms with Crippen LogP contribution in [0.2, 0.25) is 5.02 Å². The van der Waals surface area contributed by atoms with Crippen LogP contribution in [-0.2, 0) is 0 Å². The third kappa shape index (κ3) is 1.27. The Morgan fingerprint density at radius 2 is 2.15 bits per heavy atom. The van der Waals surface area contributed by atoms with Gasteiger partial charge in [-0.3, -0.25) is 4.98 Å². The Morgan fingerprint density at radius 1 is 1.38 bits per heavy atom. The minimum Gasteiger partial charge on any atom is -0.508 e. The minimum absolute atomic E-state index is 0.154. The molecule has 1 heterocycles. The molecule has 3 N–H and O–H groups in total. The molecule has 0 bridgehead atoms. The Morgan fingerprint density at radius 3 is 2.92 bits per heavy atom. The zero-order valence-corrected chi connectivity index (χ0v) is 7.42. The van der Waals surface area contributed by atoms with E-state index in [0.29, 0.717) is 16.1 Å². The maximum absolute atomic E-state index is 9.22. The molecule has 0 aliphatic heterocycles. The van der Waals surface area contributed by atoms with Gasteiger partial charge in [-0.05, 0) is 18.2 Å². The zero-order valence-electron chi connectivity index (χ0n) is 6.66. The third-order valence-corrected chi connectivity index (χ3v) is 2.23. The number of rotatable bonds is 0. The standard InChI is InChI=1S/C9H7ClN2O/c10-9-6-3-5(13)1-2-8(6)12-4-7(9)11/h1-4,13H,11H2. The molecular formula is C9H7ClN2O. The molecule has 0 saturated heterocycles. The van der Waals surface area contributed by atoms with Gasteiger partial charge in [-0.2, -0.15) is 0 Å². The molecule has 0 atom stereocenters. The van der Waals surface area contributed by atoms with E-state index < -0.39 is 0 Å². The summed E-state index contributed by atoms with van der Waals surface area (Å²) in [6.45, 7) is 0. The van der Waals surface area contributed by atoms with Crippen molar-refractivity contribution in [2.24, 2.45) is 0 Å². The summed E-state index contributed by atoms with van der Waals surface area (Å²) in [5, 5.41) is 10.3. The number of hydrogen-bond acceptors (Lipinski definition) is 3. The van der Waals surface area contributed by atoms with Gasteiger partial charge in [-0.25, -0.2) is 0 Å². The summed E-state index contributed by atoms with van der Waals surface area (Å²) in [6, 6.07) is 4.79. The molecule has 3 nitrogen and oxygen atoms in total. The first-order valence-corrected chi connectivity index (χ1v) is 4.09. The monoisotopic (exact) mass is 194 g/mol. The van der Waals surface area contributed by atoms with Crippen LogP contribution in [0.4, 0.5) is 5.69 Å². The highest BCUT2D eigenvalue weighted by Gasteiger charge is 2.04. The smallest absolute Gasteiger partial charge is 0.116 e. The highest BCUT2D eigenvalue weighted by Crippen LogP contribution is 2.29. The number of nitrogens with zero attached hydrogens (tertiary/aromatic N) is 1. The van der Waals surface area contributed by atoms with Gasteiger partial charge >= 0.3 is 0 Å². The number of anilines is 1. The van der Waals surface area contributed by atoms with E-state index in [9.17, 15) is 5.11 Å². The van der Waals surface area contributed by atoms with Gasteiger partial charge in [0, 0.05) is 5.39 Å². The molecule has 1 aromatic carbocycles. The van der Waals surface area contributed by atoms with E-state index in [-0.39, 0.29) is 5.75 Å². The Kier molecular flexibility index (Phi) is 1.74. The maximum Gasteiger partial charge on any atom is 0.116 e. The van der Waals surface area contributed by atoms with Crippen LogP contribution in [0.3, 0.4) is 0 Å². The van der Waals surface area contributed by atoms with Gasteiger partial charge < -0.3 is 10.8 Å². The lowest BCUT2D eigenvalue weighted by atomic mass is 10.2. The fraction of sp³-hybridized carbons (Fsp3) is 0. The van der Waals surface area contributed by atoms with Crippen LogP contribution in [0, 0.1) is 0 Å². The second-order valence-corrected chi connectivity index (χ2v) is 3.11. The van der Waals surface area contributed by atoms with Crippen molar-refractivity contribution >= 4 is 28.2 Å². The molecule has 0 radical (unpaired) electrons. The molecule has 4 heteroatoms. The number of fused-ring (bicyclic) bond motifs is 1. The van der Waals surface area contributed by atoms with Crippen molar-refractivity contribution in [3.63, 3.8) is 0 Å². The van der Waals surface area contributed by atoms with Crippen LogP contribution in [0.25, 0.3) is 10.9 Å². The van der Waals surface area contributed by atoms with Gasteiger partial charge in [-0.1, -0.05) is 11.6 Å². The summed E-state index contributed by atoms with van der Waals surface area (Å²) >= 11 is 5.92. The second-order valence-electron chi connectivity index (χ2n) is 2.73. The molecule has 1 aromatic heterocycles. The highest BCUT2D eigenvalue weighted by atomic mass is 35.5. The van der Waals surface area contributed by atoms with Crippen LogP contribution in [0.15, 0.2) is 24.4 Å². The molecule has 0 fully saturated rings. The number of phenols is 1. The van der Waals surface area contributed by atoms with Crippen LogP contribution < -0.4 is 5.73 Å². The highest BCUT2D eigenvalue weighted by molar-refractivity contribution is 6.37. The van der Waals surface area contributed by atoms with Gasteiger partial charge in [0.2, 0.25) is 0 Å². The summed E-state index contributed by atoms with van der Waals surface area (Å²) in [4.78, 5) is 4.06. The van der Waals surface area contributed by atoms with Crippen molar-refractivity contribution in [1.29, 1.82) is 0 Å². The molecule has 2 rings (SSSR count). The zero-order chi connectivity index (χ0) is 9.42. The predicted molar refractivity (Wildman–Crippen MR) is 52.8 cm³/mol. The fourth-order valence-corrected chi connectivity index (χ4v) is 1.36. The Hall–Kier alpha value is -1.48. The fourth-order valence-electron chi connectivity index (χ4n) is 1.16. The van der Waals surface area contributed by atoms with Crippen molar-refractivity contribution in [2.75, 3.05) is 5.73 Å². The molecule has 66 valence electrons. The SMILES string of the molecule is Nc1cnc2ccc(O)cc2c1Cl. The number of phenolic OH excluding ortho intramolecular Hbond substituents is 1. The number of nitrogen functional groups attached to an aromatic ring is 1. The average molecular weight is 195 g/mol. The van der Waals surface area contributed by atoms with Crippen molar-refractivity contribution < 1.29 is 5.11 Å². The van der Waals surface area contributed by atoms with Gasteiger partial charge in [0.15, 0.2) is 0 Å². The summed E-state index contributed by atoms with van der Waals surface area (Å²) in [6.07, 6.45) is 1.50. The third-order valence-electron chi connectivity index (χ3n) is 1.81. The minimum atomic E-state index is 0.154. The molecule has 0 aliphatic carbocycles. The van der Waals surface area contributed by atoms with Crippen LogP contribution in [0.1, 0.15) is 0 Å². The quantitative estimate of drug-likeness (QED) is 0.676. The van der Waals surface area contributed by atoms with E-state index in [1.807, 2.05) is 0 Å². The molecule has 13 heavy (non-hydrogen) atoms. The molecule has 0 spiro atoms. The second kappa shape index (κ2) is 2.78. The summed E-state index contributed by atoms with van der Waals surface area (Å²) < 4.78 is 0. The van der Waals surface area contributed by atoms with Gasteiger partial charge in [0.05, 0.1) is 22.4 Å². The number of halogens is 1. The topological polar surface area (TPSA) is 59.1 Å². The average Bonchev–Trinajstić information content (AvgIpc) is 2.12. The number of benzene rings is 1. The van der Waals surface area contributed by atoms with Crippen molar-refractivity contribution in [1.82, 2.24) is 4.98 Å².